The zero-order valence-corrected chi connectivity index (χ0v) is 16.7. The molecule has 0 aromatic heterocycles. The number of carbonyl (C=O) groups excluding carboxylic acids is 1. The van der Waals surface area contributed by atoms with Gasteiger partial charge in [0.05, 0.1) is 0 Å². The molecule has 0 saturated heterocycles. The zero-order valence-electron chi connectivity index (χ0n) is 16.7. The van der Waals surface area contributed by atoms with Crippen LogP contribution in [0.1, 0.15) is 78.1 Å². The summed E-state index contributed by atoms with van der Waals surface area (Å²) in [5.41, 5.74) is 1.63. The van der Waals surface area contributed by atoms with Crippen molar-refractivity contribution in [2.75, 3.05) is 12.4 Å². The number of ketones is 1. The Morgan fingerprint density at radius 3 is 1.74 bits per heavy atom. The summed E-state index contributed by atoms with van der Waals surface area (Å²) >= 11 is 0. The quantitative estimate of drug-likeness (QED) is 0.478. The van der Waals surface area contributed by atoms with Crippen molar-refractivity contribution >= 4 is 11.5 Å². The molecule has 0 saturated carbocycles. The van der Waals surface area contributed by atoms with Gasteiger partial charge in [-0.1, -0.05) is 79.0 Å². The first-order valence-corrected chi connectivity index (χ1v) is 8.76. The molecule has 2 heteroatoms. The van der Waals surface area contributed by atoms with Gasteiger partial charge >= 0.3 is 0 Å². The molecule has 0 atom stereocenters. The van der Waals surface area contributed by atoms with Gasteiger partial charge in [-0.2, -0.15) is 0 Å². The van der Waals surface area contributed by atoms with Gasteiger partial charge in [-0.25, -0.2) is 0 Å². The van der Waals surface area contributed by atoms with Gasteiger partial charge in [0, 0.05) is 18.3 Å². The Balaban J connectivity index is -0.000000279. The third-order valence-corrected chi connectivity index (χ3v) is 2.55. The summed E-state index contributed by atoms with van der Waals surface area (Å²) in [6.07, 6.45) is 5.81. The number of anilines is 1. The first-order chi connectivity index (χ1) is 10.9. The summed E-state index contributed by atoms with van der Waals surface area (Å²) in [7, 11) is 1.81. The Morgan fingerprint density at radius 2 is 1.52 bits per heavy atom. The van der Waals surface area contributed by atoms with Crippen LogP contribution in [0.4, 0.5) is 5.69 Å². The topological polar surface area (TPSA) is 29.1 Å². The minimum Gasteiger partial charge on any atom is -0.388 e. The molecule has 1 aromatic carbocycles. The molecule has 0 aliphatic heterocycles. The molecule has 0 unspecified atom stereocenters. The lowest BCUT2D eigenvalue weighted by Gasteiger charge is -2.03. The van der Waals surface area contributed by atoms with Crippen LogP contribution in [-0.4, -0.2) is 12.8 Å². The van der Waals surface area contributed by atoms with Gasteiger partial charge in [-0.15, -0.1) is 6.58 Å². The average Bonchev–Trinajstić information content (AvgIpc) is 2.56. The molecule has 1 rings (SSSR count). The molecule has 0 spiro atoms. The highest BCUT2D eigenvalue weighted by Gasteiger charge is 2.02. The molecule has 23 heavy (non-hydrogen) atoms. The predicted molar refractivity (Wildman–Crippen MR) is 108 cm³/mol. The summed E-state index contributed by atoms with van der Waals surface area (Å²) < 4.78 is 0. The third-order valence-electron chi connectivity index (χ3n) is 2.55. The number of rotatable bonds is 4. The Bertz CT molecular complexity index is 381. The van der Waals surface area contributed by atoms with E-state index in [4.69, 9.17) is 0 Å². The molecule has 0 fully saturated rings. The van der Waals surface area contributed by atoms with Crippen molar-refractivity contribution < 1.29 is 4.79 Å². The van der Waals surface area contributed by atoms with Crippen LogP contribution < -0.4 is 5.32 Å². The van der Waals surface area contributed by atoms with E-state index >= 15 is 0 Å². The normalized spacial score (nSPS) is 8.39. The number of nitrogens with one attached hydrogen (secondary N) is 1. The number of para-hydroxylation sites is 1. The Morgan fingerprint density at radius 1 is 1.13 bits per heavy atom. The fraction of sp³-hybridized carbons (Fsp3) is 0.571. The van der Waals surface area contributed by atoms with Crippen LogP contribution in [0.5, 0.6) is 0 Å². The number of hydrogen-bond donors (Lipinski definition) is 1. The van der Waals surface area contributed by atoms with Crippen molar-refractivity contribution in [2.45, 2.75) is 67.7 Å². The van der Waals surface area contributed by atoms with E-state index in [0.29, 0.717) is 5.92 Å². The van der Waals surface area contributed by atoms with E-state index in [1.54, 1.807) is 6.92 Å². The van der Waals surface area contributed by atoms with Crippen LogP contribution in [0.15, 0.2) is 36.9 Å². The minimum absolute atomic E-state index is 0.0925. The van der Waals surface area contributed by atoms with Gasteiger partial charge < -0.3 is 5.32 Å². The van der Waals surface area contributed by atoms with E-state index in [0.717, 1.165) is 11.3 Å². The van der Waals surface area contributed by atoms with E-state index < -0.39 is 0 Å². The molecular weight excluding hydrogens is 282 g/mol. The fourth-order valence-electron chi connectivity index (χ4n) is 1.01. The molecular formula is C21H39NO. The Labute approximate surface area is 145 Å². The van der Waals surface area contributed by atoms with E-state index in [1.807, 2.05) is 37.4 Å². The summed E-state index contributed by atoms with van der Waals surface area (Å²) in [6.45, 7) is 17.9. The van der Waals surface area contributed by atoms with Crippen molar-refractivity contribution in [1.82, 2.24) is 0 Å². The van der Waals surface area contributed by atoms with Crippen LogP contribution in [0, 0.1) is 5.92 Å². The van der Waals surface area contributed by atoms with Crippen molar-refractivity contribution in [3.63, 3.8) is 0 Å². The molecule has 134 valence electrons. The van der Waals surface area contributed by atoms with Gasteiger partial charge in [-0.3, -0.25) is 4.79 Å². The maximum Gasteiger partial charge on any atom is 0.161 e. The molecule has 0 amide bonds. The SMILES string of the molecule is C=CC(C)C.CCC.CCCC.CNc1ccccc1C(C)=O. The van der Waals surface area contributed by atoms with E-state index in [9.17, 15) is 4.79 Å². The largest absolute Gasteiger partial charge is 0.388 e. The molecule has 0 radical (unpaired) electrons. The van der Waals surface area contributed by atoms with Crippen LogP contribution in [-0.2, 0) is 0 Å². The van der Waals surface area contributed by atoms with E-state index in [2.05, 4.69) is 53.4 Å². The molecule has 0 aliphatic carbocycles. The summed E-state index contributed by atoms with van der Waals surface area (Å²) in [4.78, 5) is 11.0. The van der Waals surface area contributed by atoms with Crippen molar-refractivity contribution in [3.05, 3.63) is 42.5 Å². The van der Waals surface area contributed by atoms with Gasteiger partial charge in [0.1, 0.15) is 0 Å². The van der Waals surface area contributed by atoms with Crippen LogP contribution >= 0.6 is 0 Å². The lowest BCUT2D eigenvalue weighted by Crippen LogP contribution is -1.98. The van der Waals surface area contributed by atoms with Gasteiger partial charge in [0.15, 0.2) is 5.78 Å². The van der Waals surface area contributed by atoms with Crippen molar-refractivity contribution in [2.24, 2.45) is 5.92 Å². The van der Waals surface area contributed by atoms with Crippen molar-refractivity contribution in [3.8, 4) is 0 Å². The Kier molecular flexibility index (Phi) is 23.4. The highest BCUT2D eigenvalue weighted by molar-refractivity contribution is 5.99. The van der Waals surface area contributed by atoms with Crippen molar-refractivity contribution in [1.29, 1.82) is 0 Å². The second kappa shape index (κ2) is 20.4. The summed E-state index contributed by atoms with van der Waals surface area (Å²) in [5.74, 6) is 0.741. The standard InChI is InChI=1S/C9H11NO.C5H10.C4H10.C3H8/c1-7(11)8-5-3-4-6-9(8)10-2;1-4-5(2)3;1-3-4-2;1-3-2/h3-6,10H,1-2H3;4-5H,1H2,2-3H3;3-4H2,1-2H3;3H2,1-2H3. The summed E-state index contributed by atoms with van der Waals surface area (Å²) in [5, 5.41) is 2.96. The highest BCUT2D eigenvalue weighted by Crippen LogP contribution is 2.13. The molecule has 0 aliphatic rings. The molecule has 0 heterocycles. The second-order valence-electron chi connectivity index (χ2n) is 5.54. The zero-order chi connectivity index (χ0) is 18.7. The monoisotopic (exact) mass is 321 g/mol. The van der Waals surface area contributed by atoms with Gasteiger partial charge in [-0.05, 0) is 25.0 Å². The summed E-state index contributed by atoms with van der Waals surface area (Å²) in [6, 6.07) is 7.46. The maximum atomic E-state index is 11.0. The fourth-order valence-corrected chi connectivity index (χ4v) is 1.01. The number of hydrogen-bond acceptors (Lipinski definition) is 2. The average molecular weight is 322 g/mol. The number of carbonyl (C=O) groups is 1. The first kappa shape index (κ1) is 26.3. The minimum atomic E-state index is 0.0925. The first-order valence-electron chi connectivity index (χ1n) is 8.76. The smallest absolute Gasteiger partial charge is 0.161 e. The Hall–Kier alpha value is -1.57. The number of benzene rings is 1. The third kappa shape index (κ3) is 20.4. The number of allylic oxidation sites excluding steroid dienone is 1. The van der Waals surface area contributed by atoms with Gasteiger partial charge in [0.2, 0.25) is 0 Å². The second-order valence-corrected chi connectivity index (χ2v) is 5.54. The highest BCUT2D eigenvalue weighted by atomic mass is 16.1. The predicted octanol–water partition coefficient (Wildman–Crippen LogP) is 6.98. The van der Waals surface area contributed by atoms with Crippen LogP contribution in [0.2, 0.25) is 0 Å². The van der Waals surface area contributed by atoms with E-state index in [-0.39, 0.29) is 5.78 Å². The molecule has 2 nitrogen and oxygen atoms in total. The van der Waals surface area contributed by atoms with E-state index in [1.165, 1.54) is 19.3 Å². The number of Topliss-reactive ketones (excluding diaryl/α,β-unsaturated/α-hetero) is 1. The number of unbranched alkanes of at least 4 members (excludes halogenated alkanes) is 1. The lowest BCUT2D eigenvalue weighted by atomic mass is 10.1. The van der Waals surface area contributed by atoms with Gasteiger partial charge in [0.25, 0.3) is 0 Å². The molecule has 1 N–H and O–H groups in total. The maximum absolute atomic E-state index is 11.0. The molecule has 0 bridgehead atoms. The van der Waals surface area contributed by atoms with Crippen LogP contribution in [0.25, 0.3) is 0 Å². The van der Waals surface area contributed by atoms with Crippen LogP contribution in [0.3, 0.4) is 0 Å². The lowest BCUT2D eigenvalue weighted by molar-refractivity contribution is 0.101. The molecule has 1 aromatic rings.